The summed E-state index contributed by atoms with van der Waals surface area (Å²) in [5.41, 5.74) is 1.04. The Kier molecular flexibility index (Phi) is 7.19. The second-order valence-corrected chi connectivity index (χ2v) is 8.47. The number of nitrogens with one attached hydrogen (secondary N) is 1. The van der Waals surface area contributed by atoms with Crippen molar-refractivity contribution in [3.63, 3.8) is 0 Å². The van der Waals surface area contributed by atoms with E-state index in [0.29, 0.717) is 39.0 Å². The maximum Gasteiger partial charge on any atom is 0.325 e. The van der Waals surface area contributed by atoms with Gasteiger partial charge in [0, 0.05) is 43.3 Å². The second-order valence-electron chi connectivity index (χ2n) is 8.47. The fourth-order valence-electron chi connectivity index (χ4n) is 4.37. The Bertz CT molecular complexity index is 1220. The molecule has 0 spiro atoms. The topological polar surface area (TPSA) is 74.7 Å². The van der Waals surface area contributed by atoms with Crippen LogP contribution in [-0.4, -0.2) is 59.8 Å². The molecular formula is C26H27F2N3O3. The van der Waals surface area contributed by atoms with Crippen molar-refractivity contribution in [3.05, 3.63) is 77.5 Å². The van der Waals surface area contributed by atoms with Crippen molar-refractivity contribution in [1.29, 1.82) is 0 Å². The second kappa shape index (κ2) is 10.3. The zero-order valence-corrected chi connectivity index (χ0v) is 18.9. The summed E-state index contributed by atoms with van der Waals surface area (Å²) in [6.45, 7) is 1.84. The average molecular weight is 468 g/mol. The minimum absolute atomic E-state index is 0.169. The third-order valence-corrected chi connectivity index (χ3v) is 6.27. The van der Waals surface area contributed by atoms with Crippen LogP contribution in [0.15, 0.2) is 54.7 Å². The number of aromatic nitrogens is 1. The first kappa shape index (κ1) is 23.8. The van der Waals surface area contributed by atoms with Gasteiger partial charge in [-0.1, -0.05) is 12.2 Å². The first-order valence-corrected chi connectivity index (χ1v) is 11.1. The van der Waals surface area contributed by atoms with Crippen LogP contribution in [-0.2, 0) is 11.2 Å². The molecule has 0 saturated carbocycles. The van der Waals surface area contributed by atoms with E-state index in [0.717, 1.165) is 40.4 Å². The van der Waals surface area contributed by atoms with E-state index < -0.39 is 23.1 Å². The highest BCUT2D eigenvalue weighted by atomic mass is 19.1. The molecule has 1 aromatic heterocycles. The van der Waals surface area contributed by atoms with Gasteiger partial charge in [-0.25, -0.2) is 8.78 Å². The number of pyridine rings is 1. The number of carboxylic acid groups (broad SMARTS) is 1. The quantitative estimate of drug-likeness (QED) is 0.497. The monoisotopic (exact) mass is 467 g/mol. The third-order valence-electron chi connectivity index (χ3n) is 6.27. The van der Waals surface area contributed by atoms with Crippen molar-refractivity contribution in [3.8, 4) is 5.75 Å². The van der Waals surface area contributed by atoms with Crippen molar-refractivity contribution in [1.82, 2.24) is 15.2 Å². The van der Waals surface area contributed by atoms with Gasteiger partial charge in [-0.2, -0.15) is 0 Å². The van der Waals surface area contributed by atoms with Gasteiger partial charge in [0.15, 0.2) is 0 Å². The first-order chi connectivity index (χ1) is 16.4. The molecule has 1 fully saturated rings. The first-order valence-electron chi connectivity index (χ1n) is 11.1. The van der Waals surface area contributed by atoms with Gasteiger partial charge in [-0.3, -0.25) is 14.7 Å². The molecule has 6 nitrogen and oxygen atoms in total. The number of methoxy groups -OCH3 is 1. The fourth-order valence-corrected chi connectivity index (χ4v) is 4.37. The molecule has 1 unspecified atom stereocenters. The Labute approximate surface area is 196 Å². The number of fused-ring (bicyclic) bond motifs is 1. The summed E-state index contributed by atoms with van der Waals surface area (Å²) in [5, 5.41) is 14.2. The maximum atomic E-state index is 13.8. The van der Waals surface area contributed by atoms with Crippen LogP contribution in [0.25, 0.3) is 17.0 Å². The van der Waals surface area contributed by atoms with Crippen LogP contribution >= 0.6 is 0 Å². The van der Waals surface area contributed by atoms with E-state index in [1.54, 1.807) is 19.4 Å². The van der Waals surface area contributed by atoms with E-state index in [2.05, 4.69) is 10.3 Å². The number of aliphatic carboxylic acids is 1. The van der Waals surface area contributed by atoms with E-state index in [9.17, 15) is 18.7 Å². The molecule has 0 radical (unpaired) electrons. The van der Waals surface area contributed by atoms with Crippen molar-refractivity contribution < 1.29 is 23.4 Å². The zero-order valence-electron chi connectivity index (χ0n) is 18.9. The van der Waals surface area contributed by atoms with Gasteiger partial charge in [0.25, 0.3) is 0 Å². The van der Waals surface area contributed by atoms with Gasteiger partial charge in [0.2, 0.25) is 0 Å². The van der Waals surface area contributed by atoms with Crippen LogP contribution in [0.4, 0.5) is 8.78 Å². The molecule has 3 aromatic rings. The van der Waals surface area contributed by atoms with Crippen LogP contribution in [0.5, 0.6) is 5.75 Å². The van der Waals surface area contributed by atoms with Gasteiger partial charge in [0.1, 0.15) is 22.9 Å². The van der Waals surface area contributed by atoms with E-state index in [1.807, 2.05) is 29.2 Å². The largest absolute Gasteiger partial charge is 0.497 e. The molecule has 4 rings (SSSR count). The summed E-state index contributed by atoms with van der Waals surface area (Å²) < 4.78 is 32.4. The molecule has 178 valence electrons. The molecule has 1 saturated heterocycles. The number of ether oxygens (including phenoxy) is 1. The Morgan fingerprint density at radius 1 is 1.26 bits per heavy atom. The molecule has 0 aliphatic carbocycles. The Morgan fingerprint density at radius 3 is 2.91 bits per heavy atom. The third kappa shape index (κ3) is 5.24. The van der Waals surface area contributed by atoms with Gasteiger partial charge < -0.3 is 15.2 Å². The summed E-state index contributed by atoms with van der Waals surface area (Å²) in [5.74, 6) is -1.15. The molecule has 0 amide bonds. The molecule has 34 heavy (non-hydrogen) atoms. The normalized spacial score (nSPS) is 18.7. The molecule has 2 heterocycles. The Morgan fingerprint density at radius 2 is 2.12 bits per heavy atom. The molecule has 2 N–H and O–H groups in total. The maximum absolute atomic E-state index is 13.8. The summed E-state index contributed by atoms with van der Waals surface area (Å²) in [6, 6.07) is 10.9. The van der Waals surface area contributed by atoms with E-state index in [-0.39, 0.29) is 5.56 Å². The average Bonchev–Trinajstić information content (AvgIpc) is 3.25. The standard InChI is InChI=1S/C26H27F2N3O3/c1-34-21-5-7-24-22(16-21)18(8-11-29-24)9-12-30-26(25(32)33)10-14-31(17-26)13-2-3-19-15-20(27)4-6-23(19)28/h2-8,11,15-16,30H,9-10,12-14,17H2,1H3,(H,32,33). The Hall–Kier alpha value is -3.36. The van der Waals surface area contributed by atoms with Gasteiger partial charge in [0.05, 0.1) is 12.6 Å². The van der Waals surface area contributed by atoms with E-state index >= 15 is 0 Å². The minimum atomic E-state index is -1.06. The molecule has 1 aliphatic rings. The van der Waals surface area contributed by atoms with Gasteiger partial charge in [-0.05, 0) is 60.9 Å². The van der Waals surface area contributed by atoms with Crippen LogP contribution < -0.4 is 10.1 Å². The fraction of sp³-hybridized carbons (Fsp3) is 0.308. The summed E-state index contributed by atoms with van der Waals surface area (Å²) in [6.07, 6.45) is 6.10. The van der Waals surface area contributed by atoms with Crippen molar-refractivity contribution in [2.75, 3.05) is 33.3 Å². The predicted octanol–water partition coefficient (Wildman–Crippen LogP) is 3.90. The number of likely N-dealkylation sites (tertiary alicyclic amines) is 1. The van der Waals surface area contributed by atoms with Crippen LogP contribution in [0.3, 0.4) is 0 Å². The van der Waals surface area contributed by atoms with Crippen molar-refractivity contribution in [2.24, 2.45) is 0 Å². The van der Waals surface area contributed by atoms with Crippen LogP contribution in [0.1, 0.15) is 17.5 Å². The lowest BCUT2D eigenvalue weighted by Crippen LogP contribution is -2.54. The van der Waals surface area contributed by atoms with Crippen LogP contribution in [0, 0.1) is 11.6 Å². The number of benzene rings is 2. The molecule has 2 aromatic carbocycles. The molecule has 0 bridgehead atoms. The number of hydrogen-bond donors (Lipinski definition) is 2. The van der Waals surface area contributed by atoms with Crippen molar-refractivity contribution >= 4 is 22.9 Å². The van der Waals surface area contributed by atoms with Crippen LogP contribution in [0.2, 0.25) is 0 Å². The van der Waals surface area contributed by atoms with Crippen molar-refractivity contribution in [2.45, 2.75) is 18.4 Å². The highest BCUT2D eigenvalue weighted by molar-refractivity contribution is 5.83. The summed E-state index contributed by atoms with van der Waals surface area (Å²) in [4.78, 5) is 18.5. The Balaban J connectivity index is 1.38. The minimum Gasteiger partial charge on any atom is -0.497 e. The number of carbonyl (C=O) groups is 1. The smallest absolute Gasteiger partial charge is 0.325 e. The van der Waals surface area contributed by atoms with E-state index in [4.69, 9.17) is 4.74 Å². The summed E-state index contributed by atoms with van der Waals surface area (Å²) in [7, 11) is 1.62. The lowest BCUT2D eigenvalue weighted by molar-refractivity contribution is -0.144. The highest BCUT2D eigenvalue weighted by Gasteiger charge is 2.44. The van der Waals surface area contributed by atoms with E-state index in [1.165, 1.54) is 6.08 Å². The van der Waals surface area contributed by atoms with Gasteiger partial charge in [-0.15, -0.1) is 0 Å². The molecular weight excluding hydrogens is 440 g/mol. The molecule has 1 aliphatic heterocycles. The highest BCUT2D eigenvalue weighted by Crippen LogP contribution is 2.25. The lowest BCUT2D eigenvalue weighted by atomic mass is 9.98. The number of nitrogens with zero attached hydrogens (tertiary/aromatic N) is 2. The molecule has 1 atom stereocenters. The SMILES string of the molecule is COc1ccc2nccc(CCNC3(C(=O)O)CCN(CC=Cc4cc(F)ccc4F)C3)c2c1. The number of hydrogen-bond acceptors (Lipinski definition) is 5. The summed E-state index contributed by atoms with van der Waals surface area (Å²) >= 11 is 0. The number of rotatable bonds is 9. The number of carboxylic acids is 1. The molecule has 8 heteroatoms. The zero-order chi connectivity index (χ0) is 24.1. The van der Waals surface area contributed by atoms with Gasteiger partial charge >= 0.3 is 5.97 Å². The predicted molar refractivity (Wildman–Crippen MR) is 127 cm³/mol. The lowest BCUT2D eigenvalue weighted by Gasteiger charge is -2.26. The number of halogens is 2.